The lowest BCUT2D eigenvalue weighted by molar-refractivity contribution is 0.302. The lowest BCUT2D eigenvalue weighted by atomic mass is 10.2. The van der Waals surface area contributed by atoms with Gasteiger partial charge in [0, 0.05) is 7.05 Å². The van der Waals surface area contributed by atoms with Gasteiger partial charge in [0.2, 0.25) is 0 Å². The molecule has 0 heterocycles. The van der Waals surface area contributed by atoms with Gasteiger partial charge in [0.15, 0.2) is 0 Å². The van der Waals surface area contributed by atoms with Crippen molar-refractivity contribution in [2.75, 3.05) is 13.7 Å². The molecular weight excluding hydrogens is 190 g/mol. The topological polar surface area (TPSA) is 55.4 Å². The van der Waals surface area contributed by atoms with E-state index < -0.39 is 10.3 Å². The van der Waals surface area contributed by atoms with E-state index in [2.05, 4.69) is 15.8 Å². The third-order valence-corrected chi connectivity index (χ3v) is 2.71. The third-order valence-electron chi connectivity index (χ3n) is 1.74. The van der Waals surface area contributed by atoms with Gasteiger partial charge in [-0.3, -0.25) is 4.18 Å². The van der Waals surface area contributed by atoms with E-state index in [1.54, 1.807) is 0 Å². The van der Waals surface area contributed by atoms with Crippen LogP contribution < -0.4 is 4.72 Å². The second-order valence-corrected chi connectivity index (χ2v) is 4.45. The summed E-state index contributed by atoms with van der Waals surface area (Å²) in [6.45, 7) is 2.43. The molecule has 0 aliphatic rings. The third kappa shape index (κ3) is 8.21. The van der Waals surface area contributed by atoms with Crippen molar-refractivity contribution in [3.63, 3.8) is 0 Å². The van der Waals surface area contributed by atoms with Crippen LogP contribution in [0.4, 0.5) is 0 Å². The fraction of sp³-hybridized carbons (Fsp3) is 1.00. The number of unbranched alkanes of at least 4 members (excludes halogenated alkanes) is 4. The molecule has 0 aliphatic heterocycles. The first-order valence-electron chi connectivity index (χ1n) is 4.70. The van der Waals surface area contributed by atoms with Crippen molar-refractivity contribution < 1.29 is 12.6 Å². The fourth-order valence-corrected chi connectivity index (χ4v) is 1.39. The molecule has 0 bridgehead atoms. The highest BCUT2D eigenvalue weighted by Crippen LogP contribution is 2.02. The second-order valence-electron chi connectivity index (χ2n) is 2.89. The summed E-state index contributed by atoms with van der Waals surface area (Å²) >= 11 is 0. The molecule has 0 amide bonds. The van der Waals surface area contributed by atoms with Gasteiger partial charge in [0.1, 0.15) is 0 Å². The van der Waals surface area contributed by atoms with Crippen molar-refractivity contribution in [1.29, 1.82) is 0 Å². The van der Waals surface area contributed by atoms with Gasteiger partial charge in [0.25, 0.3) is 0 Å². The molecule has 0 saturated carbocycles. The zero-order chi connectivity index (χ0) is 10.2. The van der Waals surface area contributed by atoms with Gasteiger partial charge in [-0.25, -0.2) is 0 Å². The highest BCUT2D eigenvalue weighted by atomic mass is 32.2. The first kappa shape index (κ1) is 12.9. The summed E-state index contributed by atoms with van der Waals surface area (Å²) in [5.74, 6) is 0. The van der Waals surface area contributed by atoms with Crippen molar-refractivity contribution >= 4 is 10.3 Å². The molecule has 0 aromatic carbocycles. The van der Waals surface area contributed by atoms with Crippen molar-refractivity contribution in [2.24, 2.45) is 0 Å². The molecule has 0 unspecified atom stereocenters. The Morgan fingerprint density at radius 2 is 1.77 bits per heavy atom. The summed E-state index contributed by atoms with van der Waals surface area (Å²) in [5.41, 5.74) is 0. The molecular formula is C8H19NO3S. The first-order valence-corrected chi connectivity index (χ1v) is 6.11. The predicted octanol–water partition coefficient (Wildman–Crippen LogP) is 1.44. The summed E-state index contributed by atoms with van der Waals surface area (Å²) in [5, 5.41) is 0. The van der Waals surface area contributed by atoms with Gasteiger partial charge >= 0.3 is 10.3 Å². The molecule has 0 fully saturated rings. The van der Waals surface area contributed by atoms with E-state index >= 15 is 0 Å². The van der Waals surface area contributed by atoms with Crippen LogP contribution in [0.2, 0.25) is 0 Å². The van der Waals surface area contributed by atoms with Gasteiger partial charge in [-0.15, -0.1) is 0 Å². The molecule has 0 aliphatic carbocycles. The molecule has 80 valence electrons. The summed E-state index contributed by atoms with van der Waals surface area (Å²) < 4.78 is 28.2. The van der Waals surface area contributed by atoms with Crippen LogP contribution in [0.15, 0.2) is 0 Å². The van der Waals surface area contributed by atoms with Crippen LogP contribution in [0.25, 0.3) is 0 Å². The molecule has 5 heteroatoms. The molecule has 13 heavy (non-hydrogen) atoms. The van der Waals surface area contributed by atoms with Gasteiger partial charge < -0.3 is 0 Å². The van der Waals surface area contributed by atoms with E-state index in [9.17, 15) is 8.42 Å². The minimum atomic E-state index is -3.46. The Hall–Kier alpha value is -0.130. The lowest BCUT2D eigenvalue weighted by Gasteiger charge is -2.02. The van der Waals surface area contributed by atoms with E-state index in [0.717, 1.165) is 19.3 Å². The van der Waals surface area contributed by atoms with Crippen LogP contribution in [0.1, 0.15) is 39.0 Å². The Balaban J connectivity index is 3.26. The molecule has 0 saturated heterocycles. The van der Waals surface area contributed by atoms with Crippen molar-refractivity contribution in [1.82, 2.24) is 4.72 Å². The highest BCUT2D eigenvalue weighted by molar-refractivity contribution is 7.84. The van der Waals surface area contributed by atoms with E-state index in [1.165, 1.54) is 19.9 Å². The van der Waals surface area contributed by atoms with Crippen molar-refractivity contribution in [3.8, 4) is 0 Å². The zero-order valence-electron chi connectivity index (χ0n) is 8.38. The van der Waals surface area contributed by atoms with Crippen molar-refractivity contribution in [2.45, 2.75) is 39.0 Å². The Labute approximate surface area is 80.9 Å². The highest BCUT2D eigenvalue weighted by Gasteiger charge is 2.04. The van der Waals surface area contributed by atoms with Crippen LogP contribution in [0.3, 0.4) is 0 Å². The largest absolute Gasteiger partial charge is 0.335 e. The minimum Gasteiger partial charge on any atom is -0.258 e. The number of hydrogen-bond acceptors (Lipinski definition) is 3. The Kier molecular flexibility index (Phi) is 7.22. The first-order chi connectivity index (χ1) is 6.12. The van der Waals surface area contributed by atoms with Crippen molar-refractivity contribution in [3.05, 3.63) is 0 Å². The maximum absolute atomic E-state index is 10.8. The number of rotatable bonds is 8. The molecule has 1 N–H and O–H groups in total. The molecule has 0 aromatic heterocycles. The average molecular weight is 209 g/mol. The van der Waals surface area contributed by atoms with E-state index in [4.69, 9.17) is 0 Å². The Morgan fingerprint density at radius 1 is 1.15 bits per heavy atom. The summed E-state index contributed by atoms with van der Waals surface area (Å²) in [6, 6.07) is 0. The van der Waals surface area contributed by atoms with Gasteiger partial charge in [-0.1, -0.05) is 32.6 Å². The molecule has 0 atom stereocenters. The van der Waals surface area contributed by atoms with E-state index in [1.807, 2.05) is 0 Å². The van der Waals surface area contributed by atoms with Crippen LogP contribution >= 0.6 is 0 Å². The SMILES string of the molecule is CCCCCCCOS(=O)(=O)NC. The van der Waals surface area contributed by atoms with Gasteiger partial charge in [-0.2, -0.15) is 13.1 Å². The number of nitrogens with one attached hydrogen (secondary N) is 1. The van der Waals surface area contributed by atoms with Crippen LogP contribution in [0.5, 0.6) is 0 Å². The molecule has 0 rings (SSSR count). The maximum Gasteiger partial charge on any atom is 0.335 e. The van der Waals surface area contributed by atoms with Crippen LogP contribution in [-0.4, -0.2) is 22.1 Å². The molecule has 0 aromatic rings. The van der Waals surface area contributed by atoms with Gasteiger partial charge in [0.05, 0.1) is 6.61 Å². The Bertz CT molecular complexity index is 201. The molecule has 4 nitrogen and oxygen atoms in total. The molecule has 0 radical (unpaired) electrons. The summed E-state index contributed by atoms with van der Waals surface area (Å²) in [7, 11) is -2.12. The molecule has 0 spiro atoms. The van der Waals surface area contributed by atoms with E-state index in [-0.39, 0.29) is 6.61 Å². The number of hydrogen-bond donors (Lipinski definition) is 1. The normalized spacial score (nSPS) is 11.8. The summed E-state index contributed by atoms with van der Waals surface area (Å²) in [6.07, 6.45) is 5.39. The standard InChI is InChI=1S/C8H19NO3S/c1-3-4-5-6-7-8-12-13(10,11)9-2/h9H,3-8H2,1-2H3. The predicted molar refractivity (Wildman–Crippen MR) is 52.7 cm³/mol. The fourth-order valence-electron chi connectivity index (χ4n) is 0.933. The second kappa shape index (κ2) is 7.29. The smallest absolute Gasteiger partial charge is 0.258 e. The minimum absolute atomic E-state index is 0.285. The van der Waals surface area contributed by atoms with Gasteiger partial charge in [-0.05, 0) is 6.42 Å². The average Bonchev–Trinajstić information content (AvgIpc) is 2.11. The monoisotopic (exact) mass is 209 g/mol. The lowest BCUT2D eigenvalue weighted by Crippen LogP contribution is -2.21. The van der Waals surface area contributed by atoms with Crippen LogP contribution in [0, 0.1) is 0 Å². The quantitative estimate of drug-likeness (QED) is 0.615. The Morgan fingerprint density at radius 3 is 2.31 bits per heavy atom. The van der Waals surface area contributed by atoms with Crippen LogP contribution in [-0.2, 0) is 14.5 Å². The zero-order valence-corrected chi connectivity index (χ0v) is 9.19. The maximum atomic E-state index is 10.8. The van der Waals surface area contributed by atoms with E-state index in [0.29, 0.717) is 0 Å². The summed E-state index contributed by atoms with van der Waals surface area (Å²) in [4.78, 5) is 0.